The molecule has 0 aliphatic heterocycles. The van der Waals surface area contributed by atoms with Crippen LogP contribution in [0.2, 0.25) is 0 Å². The smallest absolute Gasteiger partial charge is 0.00455 e. The predicted octanol–water partition coefficient (Wildman–Crippen LogP) is 3.91. The molecular weight excluding hydrogens is 206 g/mol. The molecule has 0 amide bonds. The lowest BCUT2D eigenvalue weighted by molar-refractivity contribution is 0.441. The fraction of sp³-hybridized carbons (Fsp3) is 0.625. The summed E-state index contributed by atoms with van der Waals surface area (Å²) in [6.45, 7) is 12.2. The van der Waals surface area contributed by atoms with E-state index in [-0.39, 0.29) is 5.41 Å². The van der Waals surface area contributed by atoms with E-state index in [1.54, 1.807) is 0 Å². The monoisotopic (exact) mass is 233 g/mol. The SMILES string of the molecule is CCCc1ccc(C(C)(C)CNC(C)C)cc1. The molecule has 0 spiro atoms. The minimum atomic E-state index is 0.203. The first-order valence-corrected chi connectivity index (χ1v) is 6.78. The van der Waals surface area contributed by atoms with E-state index in [1.807, 2.05) is 0 Å². The van der Waals surface area contributed by atoms with Crippen molar-refractivity contribution < 1.29 is 0 Å². The third-order valence-corrected chi connectivity index (χ3v) is 3.23. The van der Waals surface area contributed by atoms with Gasteiger partial charge in [0.05, 0.1) is 0 Å². The molecule has 1 aromatic rings. The van der Waals surface area contributed by atoms with Gasteiger partial charge in [0.2, 0.25) is 0 Å². The second-order valence-corrected chi connectivity index (χ2v) is 5.87. The van der Waals surface area contributed by atoms with E-state index in [0.29, 0.717) is 6.04 Å². The topological polar surface area (TPSA) is 12.0 Å². The van der Waals surface area contributed by atoms with Crippen LogP contribution in [0.3, 0.4) is 0 Å². The predicted molar refractivity (Wildman–Crippen MR) is 76.6 cm³/mol. The Kier molecular flexibility index (Phi) is 5.20. The zero-order valence-electron chi connectivity index (χ0n) is 12.0. The molecule has 0 bridgehead atoms. The van der Waals surface area contributed by atoms with Gasteiger partial charge in [-0.15, -0.1) is 0 Å². The Morgan fingerprint density at radius 2 is 1.71 bits per heavy atom. The minimum Gasteiger partial charge on any atom is -0.314 e. The third-order valence-electron chi connectivity index (χ3n) is 3.23. The van der Waals surface area contributed by atoms with E-state index in [4.69, 9.17) is 0 Å². The molecule has 0 radical (unpaired) electrons. The summed E-state index contributed by atoms with van der Waals surface area (Å²) in [4.78, 5) is 0. The number of benzene rings is 1. The fourth-order valence-corrected chi connectivity index (χ4v) is 1.97. The molecule has 0 aliphatic rings. The van der Waals surface area contributed by atoms with Crippen molar-refractivity contribution in [1.82, 2.24) is 5.32 Å². The molecule has 0 aliphatic carbocycles. The van der Waals surface area contributed by atoms with Crippen LogP contribution in [0.1, 0.15) is 52.2 Å². The van der Waals surface area contributed by atoms with Crippen molar-refractivity contribution in [3.63, 3.8) is 0 Å². The van der Waals surface area contributed by atoms with Gasteiger partial charge in [-0.3, -0.25) is 0 Å². The Bertz CT molecular complexity index is 322. The summed E-state index contributed by atoms with van der Waals surface area (Å²) in [5, 5.41) is 3.52. The summed E-state index contributed by atoms with van der Waals surface area (Å²) in [7, 11) is 0. The lowest BCUT2D eigenvalue weighted by atomic mass is 9.84. The quantitative estimate of drug-likeness (QED) is 0.785. The summed E-state index contributed by atoms with van der Waals surface area (Å²) in [6.07, 6.45) is 2.41. The fourth-order valence-electron chi connectivity index (χ4n) is 1.97. The lowest BCUT2D eigenvalue weighted by Gasteiger charge is -2.27. The Morgan fingerprint density at radius 1 is 1.12 bits per heavy atom. The summed E-state index contributed by atoms with van der Waals surface area (Å²) in [5.74, 6) is 0. The van der Waals surface area contributed by atoms with Crippen LogP contribution in [0, 0.1) is 0 Å². The molecule has 0 heterocycles. The van der Waals surface area contributed by atoms with Crippen LogP contribution in [-0.4, -0.2) is 12.6 Å². The summed E-state index contributed by atoms with van der Waals surface area (Å²) < 4.78 is 0. The van der Waals surface area contributed by atoms with Crippen molar-refractivity contribution in [3.8, 4) is 0 Å². The highest BCUT2D eigenvalue weighted by molar-refractivity contribution is 5.28. The molecule has 1 N–H and O–H groups in total. The summed E-state index contributed by atoms with van der Waals surface area (Å²) >= 11 is 0. The maximum atomic E-state index is 3.52. The first-order valence-electron chi connectivity index (χ1n) is 6.78. The maximum Gasteiger partial charge on any atom is 0.00455 e. The molecular formula is C16H27N. The Labute approximate surface area is 107 Å². The molecule has 0 unspecified atom stereocenters. The lowest BCUT2D eigenvalue weighted by Crippen LogP contribution is -2.36. The van der Waals surface area contributed by atoms with Crippen molar-refractivity contribution in [2.75, 3.05) is 6.54 Å². The van der Waals surface area contributed by atoms with Crippen LogP contribution in [0.5, 0.6) is 0 Å². The van der Waals surface area contributed by atoms with Gasteiger partial charge >= 0.3 is 0 Å². The molecule has 0 aromatic heterocycles. The highest BCUT2D eigenvalue weighted by Gasteiger charge is 2.20. The molecule has 0 saturated heterocycles. The standard InChI is InChI=1S/C16H27N/c1-6-7-14-8-10-15(11-9-14)16(4,5)12-17-13(2)3/h8-11,13,17H,6-7,12H2,1-5H3. The van der Waals surface area contributed by atoms with Gasteiger partial charge in [-0.2, -0.15) is 0 Å². The number of rotatable bonds is 6. The molecule has 0 saturated carbocycles. The first kappa shape index (κ1) is 14.2. The van der Waals surface area contributed by atoms with E-state index < -0.39 is 0 Å². The molecule has 0 fully saturated rings. The maximum absolute atomic E-state index is 3.52. The number of hydrogen-bond acceptors (Lipinski definition) is 1. The molecule has 1 aromatic carbocycles. The van der Waals surface area contributed by atoms with E-state index in [0.717, 1.165) is 6.54 Å². The van der Waals surface area contributed by atoms with Crippen molar-refractivity contribution >= 4 is 0 Å². The highest BCUT2D eigenvalue weighted by Crippen LogP contribution is 2.23. The van der Waals surface area contributed by atoms with E-state index >= 15 is 0 Å². The van der Waals surface area contributed by atoms with Gasteiger partial charge in [0.1, 0.15) is 0 Å². The second kappa shape index (κ2) is 6.20. The third kappa shape index (κ3) is 4.51. The van der Waals surface area contributed by atoms with Gasteiger partial charge in [0.25, 0.3) is 0 Å². The normalized spacial score (nSPS) is 12.1. The van der Waals surface area contributed by atoms with Crippen LogP contribution in [0.4, 0.5) is 0 Å². The number of hydrogen-bond donors (Lipinski definition) is 1. The zero-order valence-corrected chi connectivity index (χ0v) is 12.0. The Hall–Kier alpha value is -0.820. The van der Waals surface area contributed by atoms with Gasteiger partial charge in [0, 0.05) is 18.0 Å². The van der Waals surface area contributed by atoms with Crippen LogP contribution >= 0.6 is 0 Å². The van der Waals surface area contributed by atoms with Gasteiger partial charge < -0.3 is 5.32 Å². The van der Waals surface area contributed by atoms with Crippen LogP contribution in [-0.2, 0) is 11.8 Å². The van der Waals surface area contributed by atoms with Crippen molar-refractivity contribution in [3.05, 3.63) is 35.4 Å². The van der Waals surface area contributed by atoms with Gasteiger partial charge in [-0.05, 0) is 17.5 Å². The molecule has 1 heteroatoms. The second-order valence-electron chi connectivity index (χ2n) is 5.87. The van der Waals surface area contributed by atoms with E-state index in [2.05, 4.69) is 64.2 Å². The van der Waals surface area contributed by atoms with Gasteiger partial charge in [-0.1, -0.05) is 65.3 Å². The average molecular weight is 233 g/mol. The van der Waals surface area contributed by atoms with E-state index in [1.165, 1.54) is 24.0 Å². The molecule has 1 nitrogen and oxygen atoms in total. The van der Waals surface area contributed by atoms with Gasteiger partial charge in [0.15, 0.2) is 0 Å². The zero-order chi connectivity index (χ0) is 12.9. The average Bonchev–Trinajstić information content (AvgIpc) is 2.28. The molecule has 96 valence electrons. The number of aryl methyl sites for hydroxylation is 1. The molecule has 0 atom stereocenters. The Balaban J connectivity index is 2.70. The van der Waals surface area contributed by atoms with Crippen molar-refractivity contribution in [2.24, 2.45) is 0 Å². The Morgan fingerprint density at radius 3 is 2.18 bits per heavy atom. The van der Waals surface area contributed by atoms with Crippen LogP contribution < -0.4 is 5.32 Å². The van der Waals surface area contributed by atoms with Crippen LogP contribution in [0.25, 0.3) is 0 Å². The molecule has 17 heavy (non-hydrogen) atoms. The van der Waals surface area contributed by atoms with Crippen molar-refractivity contribution in [1.29, 1.82) is 0 Å². The highest BCUT2D eigenvalue weighted by atomic mass is 14.9. The summed E-state index contributed by atoms with van der Waals surface area (Å²) in [6, 6.07) is 9.67. The largest absolute Gasteiger partial charge is 0.314 e. The van der Waals surface area contributed by atoms with Gasteiger partial charge in [-0.25, -0.2) is 0 Å². The van der Waals surface area contributed by atoms with E-state index in [9.17, 15) is 0 Å². The molecule has 1 rings (SSSR count). The first-order chi connectivity index (χ1) is 7.95. The summed E-state index contributed by atoms with van der Waals surface area (Å²) in [5.41, 5.74) is 3.07. The van der Waals surface area contributed by atoms with Crippen LogP contribution in [0.15, 0.2) is 24.3 Å². The number of nitrogens with one attached hydrogen (secondary N) is 1. The minimum absolute atomic E-state index is 0.203. The van der Waals surface area contributed by atoms with Crippen molar-refractivity contribution in [2.45, 2.75) is 58.9 Å².